The second-order valence-corrected chi connectivity index (χ2v) is 3.09. The molecule has 0 bridgehead atoms. The van der Waals surface area contributed by atoms with Crippen LogP contribution in [0.1, 0.15) is 12.5 Å². The molecular weight excluding hydrogens is 168 g/mol. The highest BCUT2D eigenvalue weighted by atomic mass is 35.5. The number of allylic oxidation sites excluding steroid dienone is 2. The van der Waals surface area contributed by atoms with Gasteiger partial charge in [0.15, 0.2) is 0 Å². The zero-order valence-electron chi connectivity index (χ0n) is 7.05. The van der Waals surface area contributed by atoms with Crippen LogP contribution in [-0.4, -0.2) is 0 Å². The lowest BCUT2D eigenvalue weighted by Gasteiger charge is -1.96. The predicted molar refractivity (Wildman–Crippen MR) is 55.1 cm³/mol. The summed E-state index contributed by atoms with van der Waals surface area (Å²) >= 11 is 5.91. The summed E-state index contributed by atoms with van der Waals surface area (Å²) < 4.78 is 0. The lowest BCUT2D eigenvalue weighted by molar-refractivity contribution is 1.53. The van der Waals surface area contributed by atoms with Crippen LogP contribution in [0.4, 0.5) is 0 Å². The molecular formula is C11H11Cl. The van der Waals surface area contributed by atoms with Crippen LogP contribution in [0.15, 0.2) is 47.5 Å². The van der Waals surface area contributed by atoms with Crippen LogP contribution >= 0.6 is 11.6 Å². The van der Waals surface area contributed by atoms with E-state index in [0.717, 1.165) is 11.1 Å². The summed E-state index contributed by atoms with van der Waals surface area (Å²) in [5.74, 6) is 0. The Hall–Kier alpha value is -1.01. The molecule has 0 aromatic heterocycles. The lowest BCUT2D eigenvalue weighted by Crippen LogP contribution is -1.74. The van der Waals surface area contributed by atoms with Crippen molar-refractivity contribution in [3.05, 3.63) is 53.1 Å². The van der Waals surface area contributed by atoms with Crippen molar-refractivity contribution in [1.82, 2.24) is 0 Å². The lowest BCUT2D eigenvalue weighted by atomic mass is 10.2. The van der Waals surface area contributed by atoms with Crippen LogP contribution in [0.25, 0.3) is 6.08 Å². The van der Waals surface area contributed by atoms with Gasteiger partial charge in [-0.1, -0.05) is 48.5 Å². The minimum atomic E-state index is 0.709. The molecule has 0 N–H and O–H groups in total. The molecule has 0 heterocycles. The summed E-state index contributed by atoms with van der Waals surface area (Å²) in [6.45, 7) is 5.64. The molecule has 0 saturated carbocycles. The van der Waals surface area contributed by atoms with E-state index < -0.39 is 0 Å². The first kappa shape index (κ1) is 9.08. The van der Waals surface area contributed by atoms with Gasteiger partial charge in [-0.15, -0.1) is 0 Å². The zero-order chi connectivity index (χ0) is 8.97. The van der Waals surface area contributed by atoms with Gasteiger partial charge in [0, 0.05) is 5.03 Å². The third-order valence-corrected chi connectivity index (χ3v) is 1.93. The molecule has 0 nitrogen and oxygen atoms in total. The van der Waals surface area contributed by atoms with Crippen molar-refractivity contribution in [3.8, 4) is 0 Å². The second-order valence-electron chi connectivity index (χ2n) is 2.68. The molecule has 0 spiro atoms. The SMILES string of the molecule is C=C(C)/C(Cl)=C/c1ccccc1. The highest BCUT2D eigenvalue weighted by Gasteiger charge is 1.92. The summed E-state index contributed by atoms with van der Waals surface area (Å²) in [5, 5.41) is 0.709. The first-order valence-corrected chi connectivity index (χ1v) is 4.16. The summed E-state index contributed by atoms with van der Waals surface area (Å²) in [5.41, 5.74) is 1.99. The van der Waals surface area contributed by atoms with Gasteiger partial charge in [0.25, 0.3) is 0 Å². The monoisotopic (exact) mass is 178 g/mol. The van der Waals surface area contributed by atoms with Gasteiger partial charge in [0.1, 0.15) is 0 Å². The molecule has 0 saturated heterocycles. The molecule has 12 heavy (non-hydrogen) atoms. The van der Waals surface area contributed by atoms with Crippen LogP contribution in [0.5, 0.6) is 0 Å². The van der Waals surface area contributed by atoms with Crippen molar-refractivity contribution in [2.75, 3.05) is 0 Å². The molecule has 0 amide bonds. The Labute approximate surface area is 78.2 Å². The smallest absolute Gasteiger partial charge is 0.0435 e. The van der Waals surface area contributed by atoms with Crippen LogP contribution in [0, 0.1) is 0 Å². The van der Waals surface area contributed by atoms with E-state index in [-0.39, 0.29) is 0 Å². The molecule has 1 aromatic carbocycles. The summed E-state index contributed by atoms with van der Waals surface area (Å²) in [6.07, 6.45) is 1.91. The number of hydrogen-bond donors (Lipinski definition) is 0. The van der Waals surface area contributed by atoms with E-state index in [0.29, 0.717) is 5.03 Å². The third kappa shape index (κ3) is 2.55. The van der Waals surface area contributed by atoms with E-state index in [1.807, 2.05) is 43.3 Å². The van der Waals surface area contributed by atoms with Gasteiger partial charge in [-0.2, -0.15) is 0 Å². The fourth-order valence-corrected chi connectivity index (χ4v) is 0.945. The number of rotatable bonds is 2. The average Bonchev–Trinajstić information content (AvgIpc) is 2.06. The van der Waals surface area contributed by atoms with Crippen molar-refractivity contribution in [3.63, 3.8) is 0 Å². The van der Waals surface area contributed by atoms with Crippen molar-refractivity contribution in [1.29, 1.82) is 0 Å². The Morgan fingerprint density at radius 1 is 1.33 bits per heavy atom. The Bertz CT molecular complexity index is 296. The van der Waals surface area contributed by atoms with Crippen molar-refractivity contribution in [2.24, 2.45) is 0 Å². The minimum absolute atomic E-state index is 0.709. The normalized spacial score (nSPS) is 11.3. The predicted octanol–water partition coefficient (Wildman–Crippen LogP) is 3.84. The quantitative estimate of drug-likeness (QED) is 0.604. The Morgan fingerprint density at radius 2 is 1.92 bits per heavy atom. The van der Waals surface area contributed by atoms with Gasteiger partial charge in [0.05, 0.1) is 0 Å². The zero-order valence-corrected chi connectivity index (χ0v) is 7.81. The number of benzene rings is 1. The summed E-state index contributed by atoms with van der Waals surface area (Å²) in [7, 11) is 0. The maximum atomic E-state index is 5.91. The van der Waals surface area contributed by atoms with Crippen LogP contribution in [0.3, 0.4) is 0 Å². The molecule has 1 aromatic rings. The number of hydrogen-bond acceptors (Lipinski definition) is 0. The van der Waals surface area contributed by atoms with Crippen molar-refractivity contribution in [2.45, 2.75) is 6.92 Å². The molecule has 0 fully saturated rings. The van der Waals surface area contributed by atoms with E-state index in [4.69, 9.17) is 11.6 Å². The van der Waals surface area contributed by atoms with Gasteiger partial charge >= 0.3 is 0 Å². The molecule has 1 heteroatoms. The molecule has 0 unspecified atom stereocenters. The standard InChI is InChI=1S/C11H11Cl/c1-9(2)11(12)8-10-6-4-3-5-7-10/h3-8H,1H2,2H3/b11-8-. The first-order chi connectivity index (χ1) is 5.70. The fourth-order valence-electron chi connectivity index (χ4n) is 0.819. The fraction of sp³-hybridized carbons (Fsp3) is 0.0909. The van der Waals surface area contributed by atoms with E-state index in [9.17, 15) is 0 Å². The van der Waals surface area contributed by atoms with Crippen LogP contribution in [-0.2, 0) is 0 Å². The second kappa shape index (κ2) is 4.13. The number of halogens is 1. The minimum Gasteiger partial charge on any atom is -0.0946 e. The third-order valence-electron chi connectivity index (χ3n) is 1.50. The van der Waals surface area contributed by atoms with Gasteiger partial charge in [0.2, 0.25) is 0 Å². The van der Waals surface area contributed by atoms with Crippen LogP contribution in [0.2, 0.25) is 0 Å². The molecule has 0 atom stereocenters. The van der Waals surface area contributed by atoms with Gasteiger partial charge in [-0.05, 0) is 24.1 Å². The Kier molecular flexibility index (Phi) is 3.12. The Balaban J connectivity index is 2.89. The van der Waals surface area contributed by atoms with E-state index in [1.54, 1.807) is 0 Å². The van der Waals surface area contributed by atoms with Crippen molar-refractivity contribution >= 4 is 17.7 Å². The molecule has 62 valence electrons. The summed E-state index contributed by atoms with van der Waals surface area (Å²) in [4.78, 5) is 0. The highest BCUT2D eigenvalue weighted by Crippen LogP contribution is 2.16. The Morgan fingerprint density at radius 3 is 2.42 bits per heavy atom. The van der Waals surface area contributed by atoms with E-state index >= 15 is 0 Å². The summed E-state index contributed by atoms with van der Waals surface area (Å²) in [6, 6.07) is 9.95. The maximum Gasteiger partial charge on any atom is 0.0435 e. The topological polar surface area (TPSA) is 0 Å². The van der Waals surface area contributed by atoms with E-state index in [1.165, 1.54) is 0 Å². The molecule has 1 rings (SSSR count). The molecule has 0 aliphatic carbocycles. The largest absolute Gasteiger partial charge is 0.0946 e. The molecule has 0 aliphatic rings. The van der Waals surface area contributed by atoms with Crippen molar-refractivity contribution < 1.29 is 0 Å². The van der Waals surface area contributed by atoms with Crippen LogP contribution < -0.4 is 0 Å². The van der Waals surface area contributed by atoms with Gasteiger partial charge in [-0.3, -0.25) is 0 Å². The van der Waals surface area contributed by atoms with Gasteiger partial charge < -0.3 is 0 Å². The highest BCUT2D eigenvalue weighted by molar-refractivity contribution is 6.33. The average molecular weight is 179 g/mol. The van der Waals surface area contributed by atoms with Gasteiger partial charge in [-0.25, -0.2) is 0 Å². The molecule has 0 radical (unpaired) electrons. The molecule has 0 aliphatic heterocycles. The van der Waals surface area contributed by atoms with E-state index in [2.05, 4.69) is 6.58 Å². The maximum absolute atomic E-state index is 5.91. The first-order valence-electron chi connectivity index (χ1n) is 3.78.